The molecule has 0 spiro atoms. The fraction of sp³-hybridized carbons (Fsp3) is 0.500. The molecule has 4 atom stereocenters. The molecule has 1 fully saturated rings. The van der Waals surface area contributed by atoms with E-state index in [1.165, 1.54) is 10.9 Å². The molecule has 2 aromatic heterocycles. The Kier molecular flexibility index (Phi) is 3.22. The molecule has 0 unspecified atom stereocenters. The maximum absolute atomic E-state index is 9.99. The Morgan fingerprint density at radius 1 is 1.30 bits per heavy atom. The van der Waals surface area contributed by atoms with Gasteiger partial charge in [-0.05, 0) is 11.6 Å². The van der Waals surface area contributed by atoms with Crippen molar-refractivity contribution in [1.29, 1.82) is 0 Å². The molecule has 9 nitrogen and oxygen atoms in total. The summed E-state index contributed by atoms with van der Waals surface area (Å²) in [6.45, 7) is -0.128. The van der Waals surface area contributed by atoms with Gasteiger partial charge in [-0.15, -0.1) is 0 Å². The van der Waals surface area contributed by atoms with E-state index < -0.39 is 24.5 Å². The summed E-state index contributed by atoms with van der Waals surface area (Å²) in [6.07, 6.45) is -3.43. The molecular formula is C10H12ClN5O4. The summed E-state index contributed by atoms with van der Waals surface area (Å²) in [6, 6.07) is 0. The second kappa shape index (κ2) is 4.79. The van der Waals surface area contributed by atoms with Crippen molar-refractivity contribution >= 4 is 28.6 Å². The van der Waals surface area contributed by atoms with Crippen LogP contribution in [0.4, 0.5) is 5.82 Å². The standard InChI is InChI=1S/C10H12ClN5O4/c11-10-14-7(12)4-8(15-10)16(2-13-4)9-6(19)5(18)3(17)1-20-9/h2-3,5-6,9,17-19H,1H2,(H2,12,14,15)/t3-,5-,6+,9-/m1/s1. The predicted molar refractivity (Wildman–Crippen MR) is 67.8 cm³/mol. The third kappa shape index (κ3) is 2.00. The SMILES string of the molecule is Nc1nc(Cl)nc2c1ncn2[C@@H]1OC[C@@H](O)[C@@H](O)[C@@H]1O. The van der Waals surface area contributed by atoms with Crippen LogP contribution in [0.15, 0.2) is 6.33 Å². The average molecular weight is 302 g/mol. The molecule has 10 heteroatoms. The highest BCUT2D eigenvalue weighted by Gasteiger charge is 2.39. The Bertz CT molecular complexity index is 650. The van der Waals surface area contributed by atoms with E-state index in [2.05, 4.69) is 15.0 Å². The van der Waals surface area contributed by atoms with Crippen LogP contribution in [-0.4, -0.2) is 59.8 Å². The van der Waals surface area contributed by atoms with Crippen molar-refractivity contribution in [2.24, 2.45) is 0 Å². The van der Waals surface area contributed by atoms with Gasteiger partial charge in [-0.2, -0.15) is 9.97 Å². The topological polar surface area (TPSA) is 140 Å². The molecule has 3 rings (SSSR count). The van der Waals surface area contributed by atoms with Crippen LogP contribution in [0, 0.1) is 0 Å². The van der Waals surface area contributed by atoms with Crippen LogP contribution in [-0.2, 0) is 4.74 Å². The molecular weight excluding hydrogens is 290 g/mol. The van der Waals surface area contributed by atoms with Gasteiger partial charge in [-0.1, -0.05) is 0 Å². The second-order valence-corrected chi connectivity index (χ2v) is 4.81. The van der Waals surface area contributed by atoms with Gasteiger partial charge >= 0.3 is 0 Å². The number of nitrogens with two attached hydrogens (primary N) is 1. The van der Waals surface area contributed by atoms with E-state index in [4.69, 9.17) is 22.1 Å². The predicted octanol–water partition coefficient (Wildman–Crippen LogP) is -1.33. The lowest BCUT2D eigenvalue weighted by Crippen LogP contribution is -2.50. The van der Waals surface area contributed by atoms with Gasteiger partial charge in [-0.25, -0.2) is 4.98 Å². The molecule has 20 heavy (non-hydrogen) atoms. The van der Waals surface area contributed by atoms with Crippen molar-refractivity contribution in [2.45, 2.75) is 24.5 Å². The third-order valence-electron chi connectivity index (χ3n) is 3.17. The molecule has 108 valence electrons. The third-order valence-corrected chi connectivity index (χ3v) is 3.34. The van der Waals surface area contributed by atoms with E-state index in [1.54, 1.807) is 0 Å². The van der Waals surface area contributed by atoms with Crippen LogP contribution in [0.1, 0.15) is 6.23 Å². The smallest absolute Gasteiger partial charge is 0.226 e. The number of aliphatic hydroxyl groups is 3. The van der Waals surface area contributed by atoms with Crippen molar-refractivity contribution in [3.63, 3.8) is 0 Å². The fourth-order valence-electron chi connectivity index (χ4n) is 2.13. The minimum atomic E-state index is -1.34. The first-order valence-electron chi connectivity index (χ1n) is 5.80. The first-order valence-corrected chi connectivity index (χ1v) is 6.18. The van der Waals surface area contributed by atoms with Gasteiger partial charge in [0.2, 0.25) is 5.28 Å². The number of hydrogen-bond donors (Lipinski definition) is 4. The van der Waals surface area contributed by atoms with Gasteiger partial charge < -0.3 is 25.8 Å². The van der Waals surface area contributed by atoms with Crippen LogP contribution < -0.4 is 5.73 Å². The average Bonchev–Trinajstić information content (AvgIpc) is 2.80. The fourth-order valence-corrected chi connectivity index (χ4v) is 2.30. The van der Waals surface area contributed by atoms with Gasteiger partial charge in [0.15, 0.2) is 17.7 Å². The van der Waals surface area contributed by atoms with E-state index in [0.717, 1.165) is 0 Å². The van der Waals surface area contributed by atoms with Crippen LogP contribution in [0.3, 0.4) is 0 Å². The molecule has 0 saturated carbocycles. The van der Waals surface area contributed by atoms with E-state index >= 15 is 0 Å². The number of halogens is 1. The van der Waals surface area contributed by atoms with Gasteiger partial charge in [-0.3, -0.25) is 4.57 Å². The lowest BCUT2D eigenvalue weighted by Gasteiger charge is -2.35. The monoisotopic (exact) mass is 301 g/mol. The van der Waals surface area contributed by atoms with E-state index in [9.17, 15) is 15.3 Å². The lowest BCUT2D eigenvalue weighted by atomic mass is 10.0. The molecule has 0 radical (unpaired) electrons. The van der Waals surface area contributed by atoms with Crippen LogP contribution in [0.5, 0.6) is 0 Å². The summed E-state index contributed by atoms with van der Waals surface area (Å²) in [5.74, 6) is 0.102. The highest BCUT2D eigenvalue weighted by molar-refractivity contribution is 6.28. The zero-order valence-corrected chi connectivity index (χ0v) is 10.8. The Hall–Kier alpha value is -1.52. The second-order valence-electron chi connectivity index (χ2n) is 4.47. The van der Waals surface area contributed by atoms with Crippen molar-refractivity contribution in [3.8, 4) is 0 Å². The first-order chi connectivity index (χ1) is 9.49. The molecule has 3 heterocycles. The quantitative estimate of drug-likeness (QED) is 0.475. The number of rotatable bonds is 1. The number of nitrogen functional groups attached to an aromatic ring is 1. The highest BCUT2D eigenvalue weighted by Crippen LogP contribution is 2.28. The zero-order valence-electron chi connectivity index (χ0n) is 10.1. The Balaban J connectivity index is 2.06. The molecule has 1 aliphatic heterocycles. The maximum atomic E-state index is 9.99. The Morgan fingerprint density at radius 2 is 2.05 bits per heavy atom. The molecule has 0 aliphatic carbocycles. The molecule has 0 amide bonds. The summed E-state index contributed by atoms with van der Waals surface area (Å²) in [4.78, 5) is 11.8. The van der Waals surface area contributed by atoms with Crippen molar-refractivity contribution in [3.05, 3.63) is 11.6 Å². The minimum Gasteiger partial charge on any atom is -0.388 e. The minimum absolute atomic E-state index is 0.0670. The van der Waals surface area contributed by atoms with Crippen LogP contribution >= 0.6 is 11.6 Å². The molecule has 2 aromatic rings. The molecule has 5 N–H and O–H groups in total. The largest absolute Gasteiger partial charge is 0.388 e. The summed E-state index contributed by atoms with van der Waals surface area (Å²) < 4.78 is 6.71. The molecule has 1 aliphatic rings. The number of anilines is 1. The number of fused-ring (bicyclic) bond motifs is 1. The number of aromatic nitrogens is 4. The van der Waals surface area contributed by atoms with E-state index in [-0.39, 0.29) is 23.4 Å². The van der Waals surface area contributed by atoms with E-state index in [0.29, 0.717) is 5.52 Å². The summed E-state index contributed by atoms with van der Waals surface area (Å²) in [5.41, 5.74) is 6.26. The molecule has 1 saturated heterocycles. The number of ether oxygens (including phenoxy) is 1. The van der Waals surface area contributed by atoms with E-state index in [1.807, 2.05) is 0 Å². The maximum Gasteiger partial charge on any atom is 0.226 e. The van der Waals surface area contributed by atoms with Crippen LogP contribution in [0.25, 0.3) is 11.2 Å². The zero-order chi connectivity index (χ0) is 14.4. The highest BCUT2D eigenvalue weighted by atomic mass is 35.5. The van der Waals surface area contributed by atoms with Gasteiger partial charge in [0.1, 0.15) is 23.8 Å². The van der Waals surface area contributed by atoms with Crippen molar-refractivity contribution < 1.29 is 20.1 Å². The number of nitrogens with zero attached hydrogens (tertiary/aromatic N) is 4. The summed E-state index contributed by atoms with van der Waals surface area (Å²) >= 11 is 5.74. The molecule has 0 aromatic carbocycles. The summed E-state index contributed by atoms with van der Waals surface area (Å²) in [5, 5.41) is 29.1. The summed E-state index contributed by atoms with van der Waals surface area (Å²) in [7, 11) is 0. The number of hydrogen-bond acceptors (Lipinski definition) is 8. The van der Waals surface area contributed by atoms with Gasteiger partial charge in [0.05, 0.1) is 12.9 Å². The number of imidazole rings is 1. The lowest BCUT2D eigenvalue weighted by molar-refractivity contribution is -0.210. The number of aliphatic hydroxyl groups excluding tert-OH is 3. The van der Waals surface area contributed by atoms with Crippen molar-refractivity contribution in [1.82, 2.24) is 19.5 Å². The van der Waals surface area contributed by atoms with Gasteiger partial charge in [0.25, 0.3) is 0 Å². The van der Waals surface area contributed by atoms with Gasteiger partial charge in [0, 0.05) is 0 Å². The van der Waals surface area contributed by atoms with Crippen molar-refractivity contribution in [2.75, 3.05) is 12.3 Å². The normalized spacial score (nSPS) is 30.8. The van der Waals surface area contributed by atoms with Crippen LogP contribution in [0.2, 0.25) is 5.28 Å². The Morgan fingerprint density at radius 3 is 2.80 bits per heavy atom. The molecule has 0 bridgehead atoms. The first kappa shape index (κ1) is 13.5. The Labute approximate surface area is 117 Å².